The third-order valence-electron chi connectivity index (χ3n) is 2.20. The van der Waals surface area contributed by atoms with Crippen LogP contribution in [0.2, 0.25) is 0 Å². The number of ether oxygens (including phenoxy) is 1. The Labute approximate surface area is 118 Å². The van der Waals surface area contributed by atoms with Crippen molar-refractivity contribution in [1.82, 2.24) is 15.0 Å². The zero-order valence-corrected chi connectivity index (χ0v) is 11.7. The van der Waals surface area contributed by atoms with E-state index >= 15 is 0 Å². The maximum Gasteiger partial charge on any atom is 0.233 e. The van der Waals surface area contributed by atoms with Gasteiger partial charge in [-0.3, -0.25) is 0 Å². The van der Waals surface area contributed by atoms with Gasteiger partial charge in [0.25, 0.3) is 0 Å². The quantitative estimate of drug-likeness (QED) is 0.805. The van der Waals surface area contributed by atoms with Crippen LogP contribution < -0.4 is 9.64 Å². The van der Waals surface area contributed by atoms with Crippen molar-refractivity contribution in [3.63, 3.8) is 0 Å². The predicted octanol–water partition coefficient (Wildman–Crippen LogP) is 2.39. The van der Waals surface area contributed by atoms with Gasteiger partial charge in [0, 0.05) is 13.2 Å². The molecule has 0 fully saturated rings. The largest absolute Gasteiger partial charge is 0.435 e. The van der Waals surface area contributed by atoms with Crippen LogP contribution in [0.15, 0.2) is 35.2 Å². The lowest BCUT2D eigenvalue weighted by Crippen LogP contribution is -2.19. The summed E-state index contributed by atoms with van der Waals surface area (Å²) in [4.78, 5) is 14.0. The van der Waals surface area contributed by atoms with Gasteiger partial charge in [0.1, 0.15) is 6.54 Å². The first-order valence-corrected chi connectivity index (χ1v) is 6.18. The molecule has 19 heavy (non-hydrogen) atoms. The minimum atomic E-state index is 0.228. The second-order valence-electron chi connectivity index (χ2n) is 3.63. The molecule has 2 rings (SSSR count). The van der Waals surface area contributed by atoms with Crippen molar-refractivity contribution in [3.05, 3.63) is 35.2 Å². The van der Waals surface area contributed by atoms with E-state index in [-0.39, 0.29) is 6.54 Å². The highest BCUT2D eigenvalue weighted by atomic mass is 79.9. The second-order valence-corrected chi connectivity index (χ2v) is 4.48. The number of halogens is 1. The Bertz CT molecular complexity index is 596. The van der Waals surface area contributed by atoms with Gasteiger partial charge in [0.15, 0.2) is 5.75 Å². The number of hydrogen-bond acceptors (Lipinski definition) is 6. The fourth-order valence-corrected chi connectivity index (χ4v) is 1.63. The zero-order valence-electron chi connectivity index (χ0n) is 10.1. The summed E-state index contributed by atoms with van der Waals surface area (Å²) in [7, 11) is 1.74. The topological polar surface area (TPSA) is 74.9 Å². The predicted molar refractivity (Wildman–Crippen MR) is 72.9 cm³/mol. The van der Waals surface area contributed by atoms with Crippen LogP contribution in [0.4, 0.5) is 5.95 Å². The van der Waals surface area contributed by atoms with E-state index in [1.165, 1.54) is 12.4 Å². The molecule has 0 aliphatic rings. The average Bonchev–Trinajstić information content (AvgIpc) is 2.42. The molecule has 6 nitrogen and oxygen atoms in total. The first kappa shape index (κ1) is 13.2. The van der Waals surface area contributed by atoms with Gasteiger partial charge in [-0.2, -0.15) is 5.26 Å². The van der Waals surface area contributed by atoms with Crippen molar-refractivity contribution in [1.29, 1.82) is 5.26 Å². The van der Waals surface area contributed by atoms with Crippen molar-refractivity contribution in [2.45, 2.75) is 0 Å². The van der Waals surface area contributed by atoms with Crippen LogP contribution in [0.3, 0.4) is 0 Å². The molecule has 0 amide bonds. The van der Waals surface area contributed by atoms with E-state index in [4.69, 9.17) is 10.00 Å². The van der Waals surface area contributed by atoms with Crippen molar-refractivity contribution in [2.75, 3.05) is 18.5 Å². The fourth-order valence-electron chi connectivity index (χ4n) is 1.29. The van der Waals surface area contributed by atoms with Crippen LogP contribution in [-0.4, -0.2) is 28.5 Å². The highest BCUT2D eigenvalue weighted by Crippen LogP contribution is 2.26. The lowest BCUT2D eigenvalue weighted by atomic mass is 10.5. The Morgan fingerprint density at radius 2 is 2.11 bits per heavy atom. The lowest BCUT2D eigenvalue weighted by Gasteiger charge is -2.12. The van der Waals surface area contributed by atoms with Gasteiger partial charge >= 0.3 is 0 Å². The summed E-state index contributed by atoms with van der Waals surface area (Å²) in [5.74, 6) is 1.40. The van der Waals surface area contributed by atoms with E-state index in [0.29, 0.717) is 17.6 Å². The zero-order chi connectivity index (χ0) is 13.7. The summed E-state index contributed by atoms with van der Waals surface area (Å²) in [5, 5.41) is 8.59. The standard InChI is InChI=1S/C12H10BrN5O/c1-18(6-4-14)12-16-7-9(8-17-12)19-11-10(13)3-2-5-15-11/h2-3,5,7-8H,6H2,1H3. The number of pyridine rings is 1. The van der Waals surface area contributed by atoms with E-state index in [9.17, 15) is 0 Å². The molecule has 0 N–H and O–H groups in total. The molecule has 0 aliphatic heterocycles. The third-order valence-corrected chi connectivity index (χ3v) is 2.81. The van der Waals surface area contributed by atoms with E-state index < -0.39 is 0 Å². The molecule has 0 aromatic carbocycles. The normalized spacial score (nSPS) is 9.74. The van der Waals surface area contributed by atoms with Gasteiger partial charge in [0.2, 0.25) is 11.8 Å². The first-order valence-electron chi connectivity index (χ1n) is 5.39. The average molecular weight is 320 g/mol. The van der Waals surface area contributed by atoms with Crippen molar-refractivity contribution >= 4 is 21.9 Å². The highest BCUT2D eigenvalue weighted by molar-refractivity contribution is 9.10. The molecule has 0 aliphatic carbocycles. The van der Waals surface area contributed by atoms with Gasteiger partial charge in [-0.05, 0) is 28.1 Å². The number of anilines is 1. The maximum atomic E-state index is 8.59. The Morgan fingerprint density at radius 3 is 2.74 bits per heavy atom. The third kappa shape index (κ3) is 3.39. The van der Waals surface area contributed by atoms with Gasteiger partial charge < -0.3 is 9.64 Å². The van der Waals surface area contributed by atoms with Crippen LogP contribution >= 0.6 is 15.9 Å². The van der Waals surface area contributed by atoms with Crippen LogP contribution in [0.25, 0.3) is 0 Å². The number of rotatable bonds is 4. The molecular weight excluding hydrogens is 310 g/mol. The monoisotopic (exact) mass is 319 g/mol. The van der Waals surface area contributed by atoms with E-state index in [2.05, 4.69) is 30.9 Å². The number of nitriles is 1. The Morgan fingerprint density at radius 1 is 1.37 bits per heavy atom. The molecule has 7 heteroatoms. The van der Waals surface area contributed by atoms with E-state index in [0.717, 1.165) is 4.47 Å². The second kappa shape index (κ2) is 6.11. The van der Waals surface area contributed by atoms with E-state index in [1.54, 1.807) is 24.2 Å². The van der Waals surface area contributed by atoms with Gasteiger partial charge in [-0.25, -0.2) is 15.0 Å². The molecule has 0 saturated heterocycles. The first-order chi connectivity index (χ1) is 9.20. The van der Waals surface area contributed by atoms with Crippen LogP contribution in [-0.2, 0) is 0 Å². The van der Waals surface area contributed by atoms with E-state index in [1.807, 2.05) is 12.1 Å². The van der Waals surface area contributed by atoms with Crippen LogP contribution in [0.1, 0.15) is 0 Å². The number of nitrogens with zero attached hydrogens (tertiary/aromatic N) is 5. The summed E-state index contributed by atoms with van der Waals surface area (Å²) >= 11 is 3.34. The molecule has 0 bridgehead atoms. The van der Waals surface area contributed by atoms with Crippen LogP contribution in [0, 0.1) is 11.3 Å². The molecule has 2 aromatic heterocycles. The summed E-state index contributed by atoms with van der Waals surface area (Å²) in [6.07, 6.45) is 4.71. The van der Waals surface area contributed by atoms with Gasteiger partial charge in [-0.1, -0.05) is 0 Å². The molecule has 0 unspecified atom stereocenters. The molecule has 0 radical (unpaired) electrons. The Balaban J connectivity index is 2.11. The summed E-state index contributed by atoms with van der Waals surface area (Å²) in [6, 6.07) is 5.66. The smallest absolute Gasteiger partial charge is 0.233 e. The maximum absolute atomic E-state index is 8.59. The number of aromatic nitrogens is 3. The van der Waals surface area contributed by atoms with Crippen molar-refractivity contribution in [2.24, 2.45) is 0 Å². The Kier molecular flexibility index (Phi) is 4.26. The highest BCUT2D eigenvalue weighted by Gasteiger charge is 2.06. The van der Waals surface area contributed by atoms with Gasteiger partial charge in [-0.15, -0.1) is 0 Å². The minimum Gasteiger partial charge on any atom is -0.435 e. The van der Waals surface area contributed by atoms with Crippen molar-refractivity contribution in [3.8, 4) is 17.7 Å². The number of hydrogen-bond donors (Lipinski definition) is 0. The fraction of sp³-hybridized carbons (Fsp3) is 0.167. The SMILES string of the molecule is CN(CC#N)c1ncc(Oc2ncccc2Br)cn1. The molecule has 0 saturated carbocycles. The van der Waals surface area contributed by atoms with Crippen LogP contribution in [0.5, 0.6) is 11.6 Å². The molecule has 0 atom stereocenters. The minimum absolute atomic E-state index is 0.228. The summed E-state index contributed by atoms with van der Waals surface area (Å²) in [5.41, 5.74) is 0. The Hall–Kier alpha value is -2.20. The molecule has 0 spiro atoms. The molecule has 2 heterocycles. The van der Waals surface area contributed by atoms with Gasteiger partial charge in [0.05, 0.1) is 22.9 Å². The molecular formula is C12H10BrN5O. The molecule has 2 aromatic rings. The summed E-state index contributed by atoms with van der Waals surface area (Å²) < 4.78 is 6.29. The lowest BCUT2D eigenvalue weighted by molar-refractivity contribution is 0.455. The molecule has 96 valence electrons. The van der Waals surface area contributed by atoms with Crippen molar-refractivity contribution < 1.29 is 4.74 Å². The summed E-state index contributed by atoms with van der Waals surface area (Å²) in [6.45, 7) is 0.228.